The van der Waals surface area contributed by atoms with Gasteiger partial charge in [0.15, 0.2) is 0 Å². The van der Waals surface area contributed by atoms with Crippen molar-refractivity contribution in [2.45, 2.75) is 39.8 Å². The number of hydrogen-bond acceptors (Lipinski definition) is 10. The zero-order valence-electron chi connectivity index (χ0n) is 32.6. The van der Waals surface area contributed by atoms with Gasteiger partial charge >= 0.3 is 0 Å². The molecule has 300 valence electrons. The average molecular weight is 848 g/mol. The van der Waals surface area contributed by atoms with Crippen molar-refractivity contribution in [3.8, 4) is 11.4 Å². The number of fused-ring (bicyclic) bond motifs is 2. The molecule has 0 radical (unpaired) electrons. The van der Waals surface area contributed by atoms with E-state index in [4.69, 9.17) is 52.0 Å². The molecule has 0 aliphatic carbocycles. The molecule has 0 saturated carbocycles. The Balaban J connectivity index is 0.000000169. The summed E-state index contributed by atoms with van der Waals surface area (Å²) >= 11 is 18.1. The van der Waals surface area contributed by atoms with E-state index in [0.29, 0.717) is 31.8 Å². The number of nitrogens with one attached hydrogen (secondary N) is 1. The molecule has 8 aromatic rings. The molecule has 7 N–H and O–H groups in total. The van der Waals surface area contributed by atoms with Gasteiger partial charge in [-0.3, -0.25) is 18.7 Å². The minimum absolute atomic E-state index is 0.142. The van der Waals surface area contributed by atoms with Gasteiger partial charge in [0.1, 0.15) is 11.0 Å². The lowest BCUT2D eigenvalue weighted by Gasteiger charge is -2.21. The second-order valence-electron chi connectivity index (χ2n) is 13.6. The third-order valence-corrected chi connectivity index (χ3v) is 9.89. The maximum absolute atomic E-state index is 13.4. The first-order chi connectivity index (χ1) is 28.2. The number of aromatic nitrogens is 6. The molecule has 59 heavy (non-hydrogen) atoms. The number of pyridine rings is 2. The van der Waals surface area contributed by atoms with E-state index >= 15 is 0 Å². The lowest BCUT2D eigenvalue weighted by molar-refractivity contribution is 0.734. The fourth-order valence-corrected chi connectivity index (χ4v) is 7.30. The Labute approximate surface area is 355 Å². The summed E-state index contributed by atoms with van der Waals surface area (Å²) in [5.74, 6) is 1.02. The van der Waals surface area contributed by atoms with Crippen molar-refractivity contribution >= 4 is 74.1 Å². The van der Waals surface area contributed by atoms with E-state index in [1.54, 1.807) is 27.3 Å². The molecular formula is C44H41Cl3N10O2. The Hall–Kier alpha value is -6.31. The van der Waals surface area contributed by atoms with Crippen LogP contribution in [0.1, 0.15) is 48.7 Å². The van der Waals surface area contributed by atoms with Gasteiger partial charge in [-0.1, -0.05) is 95.5 Å². The largest absolute Gasteiger partial charge is 0.368 e. The highest BCUT2D eigenvalue weighted by molar-refractivity contribution is 6.35. The fourth-order valence-electron chi connectivity index (χ4n) is 6.53. The molecule has 0 aliphatic heterocycles. The Morgan fingerprint density at radius 3 is 1.49 bits per heavy atom. The van der Waals surface area contributed by atoms with Gasteiger partial charge in [0.05, 0.1) is 26.9 Å². The molecule has 0 fully saturated rings. The normalized spacial score (nSPS) is 11.9. The van der Waals surface area contributed by atoms with Gasteiger partial charge in [0.25, 0.3) is 11.1 Å². The van der Waals surface area contributed by atoms with E-state index < -0.39 is 0 Å². The number of rotatable bonds is 6. The molecule has 0 bridgehead atoms. The molecule has 4 heterocycles. The van der Waals surface area contributed by atoms with E-state index in [1.807, 2.05) is 131 Å². The summed E-state index contributed by atoms with van der Waals surface area (Å²) in [4.78, 5) is 42.2. The van der Waals surface area contributed by atoms with E-state index in [1.165, 1.54) is 0 Å². The maximum Gasteiger partial charge on any atom is 0.264 e. The van der Waals surface area contributed by atoms with Crippen LogP contribution in [0.4, 0.5) is 17.7 Å². The number of nitrogens with two attached hydrogens (primary N) is 3. The lowest BCUT2D eigenvalue weighted by Crippen LogP contribution is -2.26. The third-order valence-electron chi connectivity index (χ3n) is 9.06. The van der Waals surface area contributed by atoms with Crippen molar-refractivity contribution < 1.29 is 0 Å². The van der Waals surface area contributed by atoms with Crippen LogP contribution in [-0.2, 0) is 0 Å². The van der Waals surface area contributed by atoms with Crippen LogP contribution in [0.15, 0.2) is 131 Å². The van der Waals surface area contributed by atoms with Gasteiger partial charge in [0, 0.05) is 46.3 Å². The van der Waals surface area contributed by atoms with E-state index in [0.717, 1.165) is 44.9 Å². The van der Waals surface area contributed by atoms with Crippen LogP contribution in [0.25, 0.3) is 32.9 Å². The molecule has 15 heteroatoms. The predicted molar refractivity (Wildman–Crippen MR) is 241 cm³/mol. The van der Waals surface area contributed by atoms with Gasteiger partial charge in [-0.15, -0.1) is 0 Å². The van der Waals surface area contributed by atoms with Crippen molar-refractivity contribution in [3.63, 3.8) is 0 Å². The number of anilines is 3. The number of aryl methyl sites for hydroxylation is 2. The Morgan fingerprint density at radius 2 is 1.03 bits per heavy atom. The quantitative estimate of drug-likeness (QED) is 0.118. The van der Waals surface area contributed by atoms with Gasteiger partial charge in [0.2, 0.25) is 11.9 Å². The van der Waals surface area contributed by atoms with Crippen LogP contribution in [-0.4, -0.2) is 29.1 Å². The topological polar surface area (TPSA) is 186 Å². The summed E-state index contributed by atoms with van der Waals surface area (Å²) in [5.41, 5.74) is 21.4. The van der Waals surface area contributed by atoms with Crippen LogP contribution in [0, 0.1) is 13.8 Å². The van der Waals surface area contributed by atoms with Crippen LogP contribution in [0.3, 0.4) is 0 Å². The van der Waals surface area contributed by atoms with Crippen LogP contribution in [0.2, 0.25) is 15.2 Å². The summed E-state index contributed by atoms with van der Waals surface area (Å²) < 4.78 is 3.32. The van der Waals surface area contributed by atoms with Crippen molar-refractivity contribution in [2.75, 3.05) is 16.8 Å². The molecule has 0 unspecified atom stereocenters. The third kappa shape index (κ3) is 9.87. The minimum Gasteiger partial charge on any atom is -0.368 e. The van der Waals surface area contributed by atoms with Gasteiger partial charge < -0.3 is 22.5 Å². The number of benzene rings is 4. The molecule has 8 rings (SSSR count). The Kier molecular flexibility index (Phi) is 13.3. The van der Waals surface area contributed by atoms with Gasteiger partial charge in [-0.25, -0.2) is 15.0 Å². The molecule has 2 atom stereocenters. The van der Waals surface area contributed by atoms with Crippen molar-refractivity contribution in [3.05, 3.63) is 180 Å². The molecule has 0 aliphatic rings. The summed E-state index contributed by atoms with van der Waals surface area (Å²) in [6, 6.07) is 36.7. The minimum atomic E-state index is -0.263. The van der Waals surface area contributed by atoms with E-state index in [-0.39, 0.29) is 35.1 Å². The Bertz CT molecular complexity index is 2820. The SMILES string of the molecule is C[C@H](N)c1cc2cccc(Cl)c2c(=O)n1-c1ccccc1.Cc1cc(Cl)nc(N)n1.Cc1cc(N[C@@H](C)c2cc3cccc(Cl)c3c(=O)n2-c2ccccc2)nc(N)n1. The molecule has 12 nitrogen and oxygen atoms in total. The molecule has 0 amide bonds. The van der Waals surface area contributed by atoms with Crippen LogP contribution in [0.5, 0.6) is 0 Å². The average Bonchev–Trinajstić information content (AvgIpc) is 3.18. The molecule has 4 aromatic carbocycles. The standard InChI is InChI=1S/C22H20ClN5O.C17H15ClN2O.C5H6ClN3/c1-13-11-19(27-22(24)25-13)26-14(2)18-12-15-7-6-10-17(23)20(15)21(29)28(18)16-8-4-3-5-9-16;1-11(19)15-10-12-6-5-9-14(18)16(12)17(21)20(15)13-7-3-2-4-8-13;1-3-2-4(6)9-5(7)8-3/h3-12,14H,1-2H3,(H3,24,25,26,27);2-11H,19H2,1H3;2H,1H3,(H2,7,8,9)/t14-;11-;/m00./s1. The van der Waals surface area contributed by atoms with Crippen LogP contribution < -0.4 is 33.6 Å². The summed E-state index contributed by atoms with van der Waals surface area (Å²) in [6.45, 7) is 7.50. The lowest BCUT2D eigenvalue weighted by atomic mass is 10.1. The van der Waals surface area contributed by atoms with Crippen LogP contribution >= 0.6 is 34.8 Å². The fraction of sp³-hybridized carbons (Fsp3) is 0.136. The van der Waals surface area contributed by atoms with Crippen molar-refractivity contribution in [1.82, 2.24) is 29.1 Å². The molecule has 0 saturated heterocycles. The summed E-state index contributed by atoms with van der Waals surface area (Å²) in [6.07, 6.45) is 0. The smallest absolute Gasteiger partial charge is 0.264 e. The monoisotopic (exact) mass is 846 g/mol. The van der Waals surface area contributed by atoms with Crippen molar-refractivity contribution in [1.29, 1.82) is 0 Å². The maximum atomic E-state index is 13.4. The van der Waals surface area contributed by atoms with E-state index in [2.05, 4.69) is 25.3 Å². The first kappa shape index (κ1) is 42.3. The number of nitrogens with zero attached hydrogens (tertiary/aromatic N) is 6. The van der Waals surface area contributed by atoms with Gasteiger partial charge in [-0.05, 0) is 93.1 Å². The van der Waals surface area contributed by atoms with Crippen molar-refractivity contribution in [2.24, 2.45) is 5.73 Å². The summed E-state index contributed by atoms with van der Waals surface area (Å²) in [5, 5.41) is 7.23. The molecular weight excluding hydrogens is 807 g/mol. The zero-order valence-corrected chi connectivity index (χ0v) is 34.8. The number of para-hydroxylation sites is 2. The first-order valence-corrected chi connectivity index (χ1v) is 19.5. The zero-order chi connectivity index (χ0) is 42.4. The molecule has 4 aromatic heterocycles. The second kappa shape index (κ2) is 18.5. The summed E-state index contributed by atoms with van der Waals surface area (Å²) in [7, 11) is 0. The number of nitrogen functional groups attached to an aromatic ring is 2. The second-order valence-corrected chi connectivity index (χ2v) is 14.8. The highest BCUT2D eigenvalue weighted by Crippen LogP contribution is 2.28. The Morgan fingerprint density at radius 1 is 0.576 bits per heavy atom. The highest BCUT2D eigenvalue weighted by atomic mass is 35.5. The van der Waals surface area contributed by atoms with E-state index in [9.17, 15) is 9.59 Å². The number of hydrogen-bond donors (Lipinski definition) is 4. The highest BCUT2D eigenvalue weighted by Gasteiger charge is 2.19. The van der Waals surface area contributed by atoms with Gasteiger partial charge in [-0.2, -0.15) is 4.98 Å². The molecule has 0 spiro atoms. The predicted octanol–water partition coefficient (Wildman–Crippen LogP) is 9.18. The first-order valence-electron chi connectivity index (χ1n) is 18.4. The number of halogens is 3.